The normalized spacial score (nSPS) is 22.9. The summed E-state index contributed by atoms with van der Waals surface area (Å²) in [5.74, 6) is 0.859. The predicted molar refractivity (Wildman–Crippen MR) is 71.7 cm³/mol. The first-order valence-electron chi connectivity index (χ1n) is 6.72. The topological polar surface area (TPSA) is 68.7 Å². The number of nitrogens with two attached hydrogens (primary N) is 1. The van der Waals surface area contributed by atoms with E-state index in [-0.39, 0.29) is 5.97 Å². The molecule has 5 heteroatoms. The Balaban J connectivity index is 2.04. The van der Waals surface area contributed by atoms with Crippen molar-refractivity contribution in [1.29, 1.82) is 0 Å². The molecule has 1 heterocycles. The molecule has 0 saturated heterocycles. The van der Waals surface area contributed by atoms with Crippen LogP contribution in [-0.2, 0) is 11.3 Å². The highest BCUT2D eigenvalue weighted by atomic mass is 16.5. The van der Waals surface area contributed by atoms with Crippen LogP contribution in [0.2, 0.25) is 0 Å². The molecule has 2 rings (SSSR count). The van der Waals surface area contributed by atoms with Crippen molar-refractivity contribution in [2.24, 2.45) is 11.7 Å². The lowest BCUT2D eigenvalue weighted by atomic mass is 10.0. The molecule has 5 nitrogen and oxygen atoms in total. The van der Waals surface area contributed by atoms with Gasteiger partial charge in [0.15, 0.2) is 0 Å². The van der Waals surface area contributed by atoms with Crippen molar-refractivity contribution in [2.45, 2.75) is 31.8 Å². The van der Waals surface area contributed by atoms with Crippen LogP contribution < -0.4 is 5.73 Å². The van der Waals surface area contributed by atoms with Crippen LogP contribution in [0.5, 0.6) is 0 Å². The van der Waals surface area contributed by atoms with Crippen molar-refractivity contribution in [2.75, 3.05) is 20.7 Å². The highest BCUT2D eigenvalue weighted by molar-refractivity contribution is 5.90. The Morgan fingerprint density at radius 1 is 1.58 bits per heavy atom. The van der Waals surface area contributed by atoms with E-state index < -0.39 is 0 Å². The maximum absolute atomic E-state index is 11.6. The van der Waals surface area contributed by atoms with Gasteiger partial charge in [0.05, 0.1) is 19.9 Å². The van der Waals surface area contributed by atoms with Crippen LogP contribution in [0.25, 0.3) is 0 Å². The maximum atomic E-state index is 11.6. The SMILES string of the molecule is COC(=O)c1ccoc1CN(C)C1CCCC1CN. The fourth-order valence-electron chi connectivity index (χ4n) is 2.97. The molecule has 2 unspecified atom stereocenters. The summed E-state index contributed by atoms with van der Waals surface area (Å²) in [6.45, 7) is 1.33. The lowest BCUT2D eigenvalue weighted by Gasteiger charge is -2.28. The van der Waals surface area contributed by atoms with E-state index >= 15 is 0 Å². The van der Waals surface area contributed by atoms with E-state index in [4.69, 9.17) is 14.9 Å². The fraction of sp³-hybridized carbons (Fsp3) is 0.643. The minimum atomic E-state index is -0.348. The van der Waals surface area contributed by atoms with Crippen molar-refractivity contribution in [1.82, 2.24) is 4.90 Å². The summed E-state index contributed by atoms with van der Waals surface area (Å²) in [6.07, 6.45) is 5.10. The van der Waals surface area contributed by atoms with Gasteiger partial charge in [-0.2, -0.15) is 0 Å². The summed E-state index contributed by atoms with van der Waals surface area (Å²) in [6, 6.07) is 2.13. The largest absolute Gasteiger partial charge is 0.467 e. The van der Waals surface area contributed by atoms with Crippen molar-refractivity contribution in [3.63, 3.8) is 0 Å². The molecule has 0 bridgehead atoms. The number of rotatable bonds is 5. The molecule has 0 aliphatic heterocycles. The van der Waals surface area contributed by atoms with Gasteiger partial charge in [-0.15, -0.1) is 0 Å². The first-order chi connectivity index (χ1) is 9.17. The molecular formula is C14H22N2O3. The highest BCUT2D eigenvalue weighted by Gasteiger charge is 2.30. The number of furan rings is 1. The molecule has 0 spiro atoms. The van der Waals surface area contributed by atoms with Crippen LogP contribution in [0.3, 0.4) is 0 Å². The van der Waals surface area contributed by atoms with E-state index in [2.05, 4.69) is 11.9 Å². The molecule has 0 aromatic carbocycles. The van der Waals surface area contributed by atoms with Crippen molar-refractivity contribution >= 4 is 5.97 Å². The third-order valence-electron chi connectivity index (χ3n) is 4.03. The summed E-state index contributed by atoms with van der Waals surface area (Å²) >= 11 is 0. The highest BCUT2D eigenvalue weighted by Crippen LogP contribution is 2.29. The lowest BCUT2D eigenvalue weighted by Crippen LogP contribution is -2.37. The molecule has 0 amide bonds. The van der Waals surface area contributed by atoms with Crippen LogP contribution in [0.4, 0.5) is 0 Å². The molecular weight excluding hydrogens is 244 g/mol. The summed E-state index contributed by atoms with van der Waals surface area (Å²) in [4.78, 5) is 13.8. The van der Waals surface area contributed by atoms with Gasteiger partial charge in [0.25, 0.3) is 0 Å². The van der Waals surface area contributed by atoms with E-state index in [0.717, 1.165) is 13.0 Å². The van der Waals surface area contributed by atoms with Crippen molar-refractivity contribution < 1.29 is 13.9 Å². The van der Waals surface area contributed by atoms with Gasteiger partial charge in [0.2, 0.25) is 0 Å². The van der Waals surface area contributed by atoms with Crippen LogP contribution in [-0.4, -0.2) is 37.6 Å². The summed E-state index contributed by atoms with van der Waals surface area (Å²) < 4.78 is 10.2. The van der Waals surface area contributed by atoms with Gasteiger partial charge in [0.1, 0.15) is 11.3 Å². The van der Waals surface area contributed by atoms with Crippen molar-refractivity contribution in [3.05, 3.63) is 23.7 Å². The number of methoxy groups -OCH3 is 1. The summed E-state index contributed by atoms with van der Waals surface area (Å²) in [7, 11) is 3.44. The Labute approximate surface area is 113 Å². The van der Waals surface area contributed by atoms with E-state index in [1.165, 1.54) is 26.2 Å². The zero-order valence-electron chi connectivity index (χ0n) is 11.6. The zero-order valence-corrected chi connectivity index (χ0v) is 11.6. The first kappa shape index (κ1) is 14.1. The molecule has 19 heavy (non-hydrogen) atoms. The molecule has 1 saturated carbocycles. The van der Waals surface area contributed by atoms with Crippen molar-refractivity contribution in [3.8, 4) is 0 Å². The fourth-order valence-corrected chi connectivity index (χ4v) is 2.97. The Morgan fingerprint density at radius 3 is 3.05 bits per heavy atom. The number of carbonyl (C=O) groups excluding carboxylic acids is 1. The molecule has 0 radical (unpaired) electrons. The minimum absolute atomic E-state index is 0.348. The minimum Gasteiger partial charge on any atom is -0.467 e. The van der Waals surface area contributed by atoms with Crippen LogP contribution in [0.15, 0.2) is 16.7 Å². The van der Waals surface area contributed by atoms with Gasteiger partial charge in [-0.25, -0.2) is 4.79 Å². The van der Waals surface area contributed by atoms with E-state index in [0.29, 0.717) is 29.8 Å². The third kappa shape index (κ3) is 2.98. The molecule has 1 aromatic rings. The Hall–Kier alpha value is -1.33. The molecule has 2 N–H and O–H groups in total. The molecule has 1 aromatic heterocycles. The summed E-state index contributed by atoms with van der Waals surface area (Å²) in [5, 5.41) is 0. The second-order valence-electron chi connectivity index (χ2n) is 5.16. The molecule has 1 fully saturated rings. The van der Waals surface area contributed by atoms with Gasteiger partial charge >= 0.3 is 5.97 Å². The van der Waals surface area contributed by atoms with Crippen LogP contribution >= 0.6 is 0 Å². The van der Waals surface area contributed by atoms with Gasteiger partial charge < -0.3 is 14.9 Å². The van der Waals surface area contributed by atoms with Gasteiger partial charge in [-0.1, -0.05) is 6.42 Å². The number of carbonyl (C=O) groups is 1. The maximum Gasteiger partial charge on any atom is 0.341 e. The average molecular weight is 266 g/mol. The summed E-state index contributed by atoms with van der Waals surface area (Å²) in [5.41, 5.74) is 6.32. The predicted octanol–water partition coefficient (Wildman–Crippen LogP) is 1.63. The average Bonchev–Trinajstić information content (AvgIpc) is 3.05. The Kier molecular flexibility index (Phi) is 4.61. The standard InChI is InChI=1S/C14H22N2O3/c1-16(12-5-3-4-10(12)8-15)9-13-11(6-7-19-13)14(17)18-2/h6-7,10,12H,3-5,8-9,15H2,1-2H3. The Bertz CT molecular complexity index is 430. The molecule has 1 aliphatic carbocycles. The smallest absolute Gasteiger partial charge is 0.341 e. The van der Waals surface area contributed by atoms with E-state index in [1.807, 2.05) is 0 Å². The first-order valence-corrected chi connectivity index (χ1v) is 6.72. The Morgan fingerprint density at radius 2 is 2.37 bits per heavy atom. The number of ether oxygens (including phenoxy) is 1. The van der Waals surface area contributed by atoms with Gasteiger partial charge in [0, 0.05) is 6.04 Å². The van der Waals surface area contributed by atoms with E-state index in [9.17, 15) is 4.79 Å². The lowest BCUT2D eigenvalue weighted by molar-refractivity contribution is 0.0595. The van der Waals surface area contributed by atoms with Crippen LogP contribution in [0, 0.1) is 5.92 Å². The number of hydrogen-bond acceptors (Lipinski definition) is 5. The van der Waals surface area contributed by atoms with Gasteiger partial charge in [-0.3, -0.25) is 4.90 Å². The molecule has 106 valence electrons. The quantitative estimate of drug-likeness (QED) is 0.820. The molecule has 2 atom stereocenters. The number of nitrogens with zero attached hydrogens (tertiary/aromatic N) is 1. The number of esters is 1. The third-order valence-corrected chi connectivity index (χ3v) is 4.03. The monoisotopic (exact) mass is 266 g/mol. The van der Waals surface area contributed by atoms with E-state index in [1.54, 1.807) is 6.07 Å². The zero-order chi connectivity index (χ0) is 13.8. The van der Waals surface area contributed by atoms with Gasteiger partial charge in [-0.05, 0) is 38.4 Å². The second-order valence-corrected chi connectivity index (χ2v) is 5.16. The number of hydrogen-bond donors (Lipinski definition) is 1. The molecule has 1 aliphatic rings. The van der Waals surface area contributed by atoms with Crippen LogP contribution in [0.1, 0.15) is 35.4 Å². The second kappa shape index (κ2) is 6.21.